The van der Waals surface area contributed by atoms with Crippen molar-refractivity contribution in [3.8, 4) is 11.4 Å². The predicted octanol–water partition coefficient (Wildman–Crippen LogP) is 4.34. The van der Waals surface area contributed by atoms with Crippen LogP contribution in [0.1, 0.15) is 13.8 Å². The van der Waals surface area contributed by atoms with Crippen LogP contribution >= 0.6 is 11.8 Å². The lowest BCUT2D eigenvalue weighted by molar-refractivity contribution is -0.113. The summed E-state index contributed by atoms with van der Waals surface area (Å²) in [5, 5.41) is 11.3. The van der Waals surface area contributed by atoms with E-state index in [0.29, 0.717) is 11.0 Å². The summed E-state index contributed by atoms with van der Waals surface area (Å²) >= 11 is 1.17. The van der Waals surface area contributed by atoms with Crippen molar-refractivity contribution in [3.63, 3.8) is 0 Å². The summed E-state index contributed by atoms with van der Waals surface area (Å²) in [6.45, 7) is 6.09. The zero-order valence-electron chi connectivity index (χ0n) is 17.0. The Bertz CT molecular complexity index is 1020. The van der Waals surface area contributed by atoms with E-state index in [0.717, 1.165) is 42.5 Å². The van der Waals surface area contributed by atoms with Crippen molar-refractivity contribution >= 4 is 29.0 Å². The van der Waals surface area contributed by atoms with Gasteiger partial charge in [-0.05, 0) is 50.2 Å². The van der Waals surface area contributed by atoms with Crippen molar-refractivity contribution in [2.24, 2.45) is 7.05 Å². The Labute approximate surface area is 178 Å². The van der Waals surface area contributed by atoms with E-state index in [1.165, 1.54) is 11.8 Å². The van der Waals surface area contributed by atoms with Crippen molar-refractivity contribution < 1.29 is 13.6 Å². The van der Waals surface area contributed by atoms with Gasteiger partial charge in [-0.3, -0.25) is 4.79 Å². The van der Waals surface area contributed by atoms with Gasteiger partial charge in [-0.2, -0.15) is 0 Å². The molecular formula is C21H23F2N5OS. The van der Waals surface area contributed by atoms with Crippen LogP contribution in [-0.4, -0.2) is 39.5 Å². The van der Waals surface area contributed by atoms with Crippen molar-refractivity contribution in [3.05, 3.63) is 54.1 Å². The number of amides is 1. The fourth-order valence-electron chi connectivity index (χ4n) is 3.01. The Balaban J connectivity index is 1.65. The highest BCUT2D eigenvalue weighted by molar-refractivity contribution is 7.99. The lowest BCUT2D eigenvalue weighted by atomic mass is 10.2. The van der Waals surface area contributed by atoms with E-state index < -0.39 is 17.5 Å². The summed E-state index contributed by atoms with van der Waals surface area (Å²) in [6, 6.07) is 11.0. The molecule has 0 spiro atoms. The summed E-state index contributed by atoms with van der Waals surface area (Å²) in [5.74, 6) is -1.10. The molecule has 0 unspecified atom stereocenters. The average molecular weight is 432 g/mol. The number of nitrogens with one attached hydrogen (secondary N) is 1. The summed E-state index contributed by atoms with van der Waals surface area (Å²) in [7, 11) is 1.82. The number of carbonyl (C=O) groups excluding carboxylic acids is 1. The average Bonchev–Trinajstić information content (AvgIpc) is 3.11. The van der Waals surface area contributed by atoms with Crippen LogP contribution in [0.2, 0.25) is 0 Å². The van der Waals surface area contributed by atoms with Crippen LogP contribution in [0.4, 0.5) is 20.2 Å². The van der Waals surface area contributed by atoms with Gasteiger partial charge in [0.15, 0.2) is 11.0 Å². The molecule has 0 bridgehead atoms. The maximum absolute atomic E-state index is 13.7. The molecule has 0 fully saturated rings. The monoisotopic (exact) mass is 431 g/mol. The maximum Gasteiger partial charge on any atom is 0.234 e. The van der Waals surface area contributed by atoms with E-state index in [4.69, 9.17) is 0 Å². The number of rotatable bonds is 8. The molecule has 0 saturated heterocycles. The van der Waals surface area contributed by atoms with Gasteiger partial charge in [-0.1, -0.05) is 11.8 Å². The fourth-order valence-corrected chi connectivity index (χ4v) is 3.72. The second-order valence-electron chi connectivity index (χ2n) is 6.55. The summed E-state index contributed by atoms with van der Waals surface area (Å²) in [4.78, 5) is 14.4. The van der Waals surface area contributed by atoms with Gasteiger partial charge in [0.1, 0.15) is 11.6 Å². The van der Waals surface area contributed by atoms with Crippen LogP contribution in [0.5, 0.6) is 0 Å². The third kappa shape index (κ3) is 4.96. The Morgan fingerprint density at radius 2 is 1.80 bits per heavy atom. The molecule has 2 aromatic carbocycles. The van der Waals surface area contributed by atoms with E-state index in [9.17, 15) is 13.6 Å². The number of carbonyl (C=O) groups is 1. The van der Waals surface area contributed by atoms with Crippen LogP contribution in [0.25, 0.3) is 11.4 Å². The molecule has 1 aromatic heterocycles. The summed E-state index contributed by atoms with van der Waals surface area (Å²) in [5.41, 5.74) is 1.87. The molecule has 3 rings (SSSR count). The van der Waals surface area contributed by atoms with Gasteiger partial charge in [0.25, 0.3) is 0 Å². The summed E-state index contributed by atoms with van der Waals surface area (Å²) < 4.78 is 28.7. The lowest BCUT2D eigenvalue weighted by Crippen LogP contribution is -2.21. The number of halogens is 2. The van der Waals surface area contributed by atoms with Gasteiger partial charge in [0.2, 0.25) is 5.91 Å². The number of hydrogen-bond acceptors (Lipinski definition) is 5. The predicted molar refractivity (Wildman–Crippen MR) is 116 cm³/mol. The number of hydrogen-bond donors (Lipinski definition) is 1. The molecule has 0 radical (unpaired) electrons. The second kappa shape index (κ2) is 9.71. The van der Waals surface area contributed by atoms with E-state index in [1.807, 2.05) is 31.3 Å². The molecular weight excluding hydrogens is 408 g/mol. The van der Waals surface area contributed by atoms with Crippen LogP contribution in [-0.2, 0) is 11.8 Å². The minimum atomic E-state index is -0.691. The first-order valence-electron chi connectivity index (χ1n) is 9.55. The molecule has 1 N–H and O–H groups in total. The van der Waals surface area contributed by atoms with Gasteiger partial charge >= 0.3 is 0 Å². The minimum absolute atomic E-state index is 0.0111. The number of nitrogens with zero attached hydrogens (tertiary/aromatic N) is 4. The SMILES string of the molecule is CCN(CC)c1ccc(-c2nnc(SCC(=O)Nc3cc(F)ccc3F)n2C)cc1. The molecule has 6 nitrogen and oxygen atoms in total. The molecule has 158 valence electrons. The molecule has 30 heavy (non-hydrogen) atoms. The van der Waals surface area contributed by atoms with Crippen molar-refractivity contribution in [1.29, 1.82) is 0 Å². The van der Waals surface area contributed by atoms with Gasteiger partial charge in [-0.15, -0.1) is 10.2 Å². The van der Waals surface area contributed by atoms with Crippen LogP contribution in [0, 0.1) is 11.6 Å². The molecule has 1 heterocycles. The molecule has 0 aliphatic heterocycles. The fraction of sp³-hybridized carbons (Fsp3) is 0.286. The van der Waals surface area contributed by atoms with Gasteiger partial charge < -0.3 is 14.8 Å². The van der Waals surface area contributed by atoms with E-state index >= 15 is 0 Å². The van der Waals surface area contributed by atoms with Gasteiger partial charge in [0, 0.05) is 37.5 Å². The van der Waals surface area contributed by atoms with Crippen LogP contribution < -0.4 is 10.2 Å². The highest BCUT2D eigenvalue weighted by atomic mass is 32.2. The molecule has 0 saturated carbocycles. The molecule has 0 atom stereocenters. The normalized spacial score (nSPS) is 10.8. The number of benzene rings is 2. The smallest absolute Gasteiger partial charge is 0.234 e. The van der Waals surface area contributed by atoms with E-state index in [-0.39, 0.29) is 11.4 Å². The molecule has 9 heteroatoms. The quantitative estimate of drug-likeness (QED) is 0.538. The number of anilines is 2. The zero-order valence-corrected chi connectivity index (χ0v) is 17.8. The number of thioether (sulfide) groups is 1. The maximum atomic E-state index is 13.7. The zero-order chi connectivity index (χ0) is 21.7. The largest absolute Gasteiger partial charge is 0.372 e. The topological polar surface area (TPSA) is 63.1 Å². The van der Waals surface area contributed by atoms with Crippen molar-refractivity contribution in [2.45, 2.75) is 19.0 Å². The highest BCUT2D eigenvalue weighted by Gasteiger charge is 2.14. The number of aromatic nitrogens is 3. The first-order valence-corrected chi connectivity index (χ1v) is 10.5. The minimum Gasteiger partial charge on any atom is -0.372 e. The molecule has 0 aliphatic rings. The van der Waals surface area contributed by atoms with Gasteiger partial charge in [-0.25, -0.2) is 8.78 Å². The van der Waals surface area contributed by atoms with Crippen LogP contribution in [0.3, 0.4) is 0 Å². The molecule has 0 aliphatic carbocycles. The van der Waals surface area contributed by atoms with E-state index in [1.54, 1.807) is 4.57 Å². The Kier molecular flexibility index (Phi) is 7.04. The summed E-state index contributed by atoms with van der Waals surface area (Å²) in [6.07, 6.45) is 0. The Hall–Kier alpha value is -2.94. The van der Waals surface area contributed by atoms with Crippen molar-refractivity contribution in [1.82, 2.24) is 14.8 Å². The molecule has 1 amide bonds. The third-order valence-corrected chi connectivity index (χ3v) is 5.64. The first-order chi connectivity index (χ1) is 14.4. The van der Waals surface area contributed by atoms with E-state index in [2.05, 4.69) is 34.3 Å². The van der Waals surface area contributed by atoms with Crippen molar-refractivity contribution in [2.75, 3.05) is 29.1 Å². The second-order valence-corrected chi connectivity index (χ2v) is 7.49. The van der Waals surface area contributed by atoms with Crippen LogP contribution in [0.15, 0.2) is 47.6 Å². The third-order valence-electron chi connectivity index (χ3n) is 4.62. The first kappa shape index (κ1) is 21.8. The van der Waals surface area contributed by atoms with Gasteiger partial charge in [0.05, 0.1) is 11.4 Å². The molecule has 3 aromatic rings. The highest BCUT2D eigenvalue weighted by Crippen LogP contribution is 2.25. The Morgan fingerprint density at radius 1 is 1.10 bits per heavy atom. The standard InChI is InChI=1S/C21H23F2N5OS/c1-4-28(5-2)16-9-6-14(7-10-16)20-25-26-21(27(20)3)30-13-19(29)24-18-12-15(22)8-11-17(18)23/h6-12H,4-5,13H2,1-3H3,(H,24,29). The Morgan fingerprint density at radius 3 is 2.47 bits per heavy atom. The lowest BCUT2D eigenvalue weighted by Gasteiger charge is -2.21.